The second-order valence-electron chi connectivity index (χ2n) is 6.16. The number of fused-ring (bicyclic) bond motifs is 1. The number of benzene rings is 2. The Hall–Kier alpha value is -2.64. The van der Waals surface area contributed by atoms with E-state index >= 15 is 0 Å². The Kier molecular flexibility index (Phi) is 4.72. The molecular formula is C19H15ClN4O2S. The van der Waals surface area contributed by atoms with Crippen molar-refractivity contribution >= 4 is 34.3 Å². The maximum atomic E-state index is 11.9. The van der Waals surface area contributed by atoms with E-state index in [0.717, 1.165) is 27.8 Å². The van der Waals surface area contributed by atoms with Crippen LogP contribution >= 0.6 is 23.4 Å². The van der Waals surface area contributed by atoms with E-state index in [1.54, 1.807) is 16.8 Å². The smallest absolute Gasteiger partial charge is 0.336 e. The number of nitrogens with zero attached hydrogens (tertiary/aromatic N) is 4. The molecule has 4 aromatic rings. The first kappa shape index (κ1) is 17.8. The Morgan fingerprint density at radius 2 is 1.85 bits per heavy atom. The van der Waals surface area contributed by atoms with Crippen LogP contribution in [-0.2, 0) is 5.75 Å². The Morgan fingerprint density at radius 3 is 2.63 bits per heavy atom. The van der Waals surface area contributed by atoms with Crippen molar-refractivity contribution in [1.82, 2.24) is 20.2 Å². The van der Waals surface area contributed by atoms with Gasteiger partial charge in [0.15, 0.2) is 0 Å². The Morgan fingerprint density at radius 1 is 1.11 bits per heavy atom. The molecule has 0 aliphatic carbocycles. The molecule has 27 heavy (non-hydrogen) atoms. The first-order valence-electron chi connectivity index (χ1n) is 8.22. The summed E-state index contributed by atoms with van der Waals surface area (Å²) < 4.78 is 7.00. The van der Waals surface area contributed by atoms with Gasteiger partial charge in [-0.05, 0) is 77.4 Å². The topological polar surface area (TPSA) is 73.8 Å². The molecule has 0 bridgehead atoms. The van der Waals surface area contributed by atoms with E-state index in [2.05, 4.69) is 15.5 Å². The van der Waals surface area contributed by atoms with Gasteiger partial charge in [0.25, 0.3) is 0 Å². The molecule has 6 nitrogen and oxygen atoms in total. The fourth-order valence-electron chi connectivity index (χ4n) is 2.76. The maximum absolute atomic E-state index is 11.9. The highest BCUT2D eigenvalue weighted by molar-refractivity contribution is 7.98. The van der Waals surface area contributed by atoms with E-state index in [1.165, 1.54) is 17.8 Å². The van der Waals surface area contributed by atoms with Gasteiger partial charge in [0, 0.05) is 22.2 Å². The zero-order valence-electron chi connectivity index (χ0n) is 14.6. The number of rotatable bonds is 4. The molecule has 2 aromatic carbocycles. The van der Waals surface area contributed by atoms with Crippen LogP contribution < -0.4 is 5.63 Å². The first-order valence-corrected chi connectivity index (χ1v) is 9.59. The van der Waals surface area contributed by atoms with Crippen LogP contribution in [0.15, 0.2) is 56.8 Å². The summed E-state index contributed by atoms with van der Waals surface area (Å²) in [5.41, 5.74) is 4.17. The third-order valence-electron chi connectivity index (χ3n) is 4.31. The maximum Gasteiger partial charge on any atom is 0.336 e. The standard InChI is InChI=1S/C19H15ClN4O2S/c1-11-7-16-13(9-18(25)26-17(16)8-12(11)2)10-27-19-21-22-23-24(19)15-5-3-14(20)4-6-15/h3-9H,10H2,1-2H3. The third-order valence-corrected chi connectivity index (χ3v) is 5.53. The van der Waals surface area contributed by atoms with Gasteiger partial charge in [0.1, 0.15) is 5.58 Å². The van der Waals surface area contributed by atoms with Gasteiger partial charge in [-0.3, -0.25) is 0 Å². The average Bonchev–Trinajstić information content (AvgIpc) is 3.10. The number of aromatic nitrogens is 4. The van der Waals surface area contributed by atoms with Crippen molar-refractivity contribution in [3.63, 3.8) is 0 Å². The van der Waals surface area contributed by atoms with Crippen molar-refractivity contribution < 1.29 is 4.42 Å². The Bertz CT molecular complexity index is 1180. The lowest BCUT2D eigenvalue weighted by Crippen LogP contribution is -2.02. The van der Waals surface area contributed by atoms with Gasteiger partial charge in [-0.15, -0.1) is 5.10 Å². The molecule has 0 amide bonds. The van der Waals surface area contributed by atoms with Crippen molar-refractivity contribution in [1.29, 1.82) is 0 Å². The van der Waals surface area contributed by atoms with E-state index < -0.39 is 0 Å². The lowest BCUT2D eigenvalue weighted by atomic mass is 10.0. The van der Waals surface area contributed by atoms with Crippen LogP contribution in [0.3, 0.4) is 0 Å². The summed E-state index contributed by atoms with van der Waals surface area (Å²) in [6.07, 6.45) is 0. The van der Waals surface area contributed by atoms with Gasteiger partial charge in [-0.25, -0.2) is 4.79 Å². The van der Waals surface area contributed by atoms with Crippen molar-refractivity contribution in [2.24, 2.45) is 0 Å². The second-order valence-corrected chi connectivity index (χ2v) is 7.54. The van der Waals surface area contributed by atoms with E-state index in [-0.39, 0.29) is 5.63 Å². The molecule has 0 atom stereocenters. The summed E-state index contributed by atoms with van der Waals surface area (Å²) in [6, 6.07) is 12.7. The summed E-state index contributed by atoms with van der Waals surface area (Å²) in [5.74, 6) is 0.540. The zero-order valence-corrected chi connectivity index (χ0v) is 16.2. The van der Waals surface area contributed by atoms with Crippen LogP contribution in [0.25, 0.3) is 16.7 Å². The SMILES string of the molecule is Cc1cc2oc(=O)cc(CSc3nnnn3-c3ccc(Cl)cc3)c2cc1C. The monoisotopic (exact) mass is 398 g/mol. The molecule has 0 spiro atoms. The molecule has 8 heteroatoms. The molecule has 2 heterocycles. The van der Waals surface area contributed by atoms with E-state index in [0.29, 0.717) is 21.5 Å². The number of thioether (sulfide) groups is 1. The van der Waals surface area contributed by atoms with E-state index in [1.807, 2.05) is 38.1 Å². The normalized spacial score (nSPS) is 11.2. The third kappa shape index (κ3) is 3.61. The second kappa shape index (κ2) is 7.17. The molecule has 0 N–H and O–H groups in total. The average molecular weight is 399 g/mol. The highest BCUT2D eigenvalue weighted by Gasteiger charge is 2.12. The number of tetrazole rings is 1. The number of halogens is 1. The number of hydrogen-bond donors (Lipinski definition) is 0. The molecule has 0 aliphatic rings. The van der Waals surface area contributed by atoms with Gasteiger partial charge in [0.05, 0.1) is 5.69 Å². The number of hydrogen-bond acceptors (Lipinski definition) is 6. The quantitative estimate of drug-likeness (QED) is 0.376. The van der Waals surface area contributed by atoms with Crippen LogP contribution in [0.2, 0.25) is 5.02 Å². The summed E-state index contributed by atoms with van der Waals surface area (Å²) in [7, 11) is 0. The Balaban J connectivity index is 1.67. The minimum absolute atomic E-state index is 0.362. The van der Waals surface area contributed by atoms with E-state index in [4.69, 9.17) is 16.0 Å². The molecule has 0 radical (unpaired) electrons. The Labute approximate surface area is 164 Å². The largest absolute Gasteiger partial charge is 0.423 e. The molecule has 0 saturated heterocycles. The van der Waals surface area contributed by atoms with Gasteiger partial charge >= 0.3 is 5.63 Å². The molecule has 0 unspecified atom stereocenters. The predicted octanol–water partition coefficient (Wildman–Crippen LogP) is 4.33. The molecule has 4 rings (SSSR count). The first-order chi connectivity index (χ1) is 13.0. The highest BCUT2D eigenvalue weighted by Crippen LogP contribution is 2.28. The fraction of sp³-hybridized carbons (Fsp3) is 0.158. The van der Waals surface area contributed by atoms with E-state index in [9.17, 15) is 4.79 Å². The van der Waals surface area contributed by atoms with Crippen molar-refractivity contribution in [3.8, 4) is 5.69 Å². The molecule has 2 aromatic heterocycles. The van der Waals surface area contributed by atoms with Gasteiger partial charge in [-0.2, -0.15) is 4.68 Å². The highest BCUT2D eigenvalue weighted by atomic mass is 35.5. The van der Waals surface area contributed by atoms with Crippen LogP contribution in [0.5, 0.6) is 0 Å². The van der Waals surface area contributed by atoms with Crippen LogP contribution in [0.4, 0.5) is 0 Å². The lowest BCUT2D eigenvalue weighted by Gasteiger charge is -2.08. The summed E-state index contributed by atoms with van der Waals surface area (Å²) in [5, 5.41) is 14.1. The van der Waals surface area contributed by atoms with Gasteiger partial charge < -0.3 is 4.42 Å². The van der Waals surface area contributed by atoms with Crippen LogP contribution in [-0.4, -0.2) is 20.2 Å². The zero-order chi connectivity index (χ0) is 19.0. The van der Waals surface area contributed by atoms with Crippen molar-refractivity contribution in [2.45, 2.75) is 24.8 Å². The van der Waals surface area contributed by atoms with Crippen LogP contribution in [0, 0.1) is 13.8 Å². The minimum Gasteiger partial charge on any atom is -0.423 e. The van der Waals surface area contributed by atoms with Crippen LogP contribution in [0.1, 0.15) is 16.7 Å². The summed E-state index contributed by atoms with van der Waals surface area (Å²) in [4.78, 5) is 11.9. The van der Waals surface area contributed by atoms with Crippen molar-refractivity contribution in [3.05, 3.63) is 74.6 Å². The van der Waals surface area contributed by atoms with Crippen molar-refractivity contribution in [2.75, 3.05) is 0 Å². The lowest BCUT2D eigenvalue weighted by molar-refractivity contribution is 0.559. The molecule has 136 valence electrons. The molecule has 0 saturated carbocycles. The number of aryl methyl sites for hydroxylation is 2. The molecule has 0 fully saturated rings. The van der Waals surface area contributed by atoms with Gasteiger partial charge in [0.2, 0.25) is 5.16 Å². The predicted molar refractivity (Wildman–Crippen MR) is 106 cm³/mol. The summed E-state index contributed by atoms with van der Waals surface area (Å²) >= 11 is 7.40. The fourth-order valence-corrected chi connectivity index (χ4v) is 3.77. The van der Waals surface area contributed by atoms with Gasteiger partial charge in [-0.1, -0.05) is 23.4 Å². The minimum atomic E-state index is -0.362. The molecule has 0 aliphatic heterocycles. The summed E-state index contributed by atoms with van der Waals surface area (Å²) in [6.45, 7) is 4.04. The molecular weight excluding hydrogens is 384 g/mol.